The first-order valence-corrected chi connectivity index (χ1v) is 6.06. The molecule has 1 heterocycles. The quantitative estimate of drug-likeness (QED) is 0.916. The maximum Gasteiger partial charge on any atom is 0.396 e. The van der Waals surface area contributed by atoms with Crippen molar-refractivity contribution in [2.75, 3.05) is 11.9 Å². The SMILES string of the molecule is Cc1cc(NCC2(C(F)(F)F)CC2)ncc1Br. The van der Waals surface area contributed by atoms with Gasteiger partial charge in [-0.05, 0) is 47.3 Å². The number of hydrogen-bond acceptors (Lipinski definition) is 2. The molecule has 1 aliphatic carbocycles. The van der Waals surface area contributed by atoms with Crippen LogP contribution in [0, 0.1) is 12.3 Å². The Morgan fingerprint density at radius 2 is 2.12 bits per heavy atom. The summed E-state index contributed by atoms with van der Waals surface area (Å²) >= 11 is 3.29. The van der Waals surface area contributed by atoms with E-state index in [0.717, 1.165) is 10.0 Å². The Morgan fingerprint density at radius 1 is 1.47 bits per heavy atom. The number of aromatic nitrogens is 1. The lowest BCUT2D eigenvalue weighted by Crippen LogP contribution is -2.31. The largest absolute Gasteiger partial charge is 0.396 e. The molecule has 1 aromatic rings. The van der Waals surface area contributed by atoms with Crippen LogP contribution in [-0.4, -0.2) is 17.7 Å². The summed E-state index contributed by atoms with van der Waals surface area (Å²) in [6.07, 6.45) is -2.12. The summed E-state index contributed by atoms with van der Waals surface area (Å²) in [4.78, 5) is 4.03. The first-order valence-electron chi connectivity index (χ1n) is 5.27. The molecule has 2 rings (SSSR count). The van der Waals surface area contributed by atoms with E-state index < -0.39 is 11.6 Å². The molecule has 1 N–H and O–H groups in total. The van der Waals surface area contributed by atoms with Crippen molar-refractivity contribution in [1.29, 1.82) is 0 Å². The van der Waals surface area contributed by atoms with Gasteiger partial charge < -0.3 is 5.32 Å². The van der Waals surface area contributed by atoms with Crippen molar-refractivity contribution >= 4 is 21.7 Å². The summed E-state index contributed by atoms with van der Waals surface area (Å²) in [5, 5.41) is 2.77. The fourth-order valence-corrected chi connectivity index (χ4v) is 1.82. The zero-order chi connectivity index (χ0) is 12.7. The first kappa shape index (κ1) is 12.7. The van der Waals surface area contributed by atoms with E-state index in [1.165, 1.54) is 0 Å². The van der Waals surface area contributed by atoms with E-state index in [9.17, 15) is 13.2 Å². The van der Waals surface area contributed by atoms with Gasteiger partial charge in [-0.25, -0.2) is 4.98 Å². The third-order valence-corrected chi connectivity index (χ3v) is 3.94. The normalized spacial score (nSPS) is 17.9. The molecule has 0 saturated heterocycles. The Kier molecular flexibility index (Phi) is 3.10. The number of nitrogens with one attached hydrogen (secondary N) is 1. The molecule has 6 heteroatoms. The predicted molar refractivity (Wildman–Crippen MR) is 62.9 cm³/mol. The van der Waals surface area contributed by atoms with Gasteiger partial charge in [-0.3, -0.25) is 0 Å². The molecular weight excluding hydrogens is 297 g/mol. The number of hydrogen-bond donors (Lipinski definition) is 1. The van der Waals surface area contributed by atoms with Gasteiger partial charge in [0, 0.05) is 17.2 Å². The van der Waals surface area contributed by atoms with Crippen molar-refractivity contribution in [3.8, 4) is 0 Å². The molecule has 17 heavy (non-hydrogen) atoms. The zero-order valence-electron chi connectivity index (χ0n) is 9.24. The molecule has 1 aliphatic rings. The molecule has 0 unspecified atom stereocenters. The Hall–Kier alpha value is -0.780. The van der Waals surface area contributed by atoms with Crippen LogP contribution < -0.4 is 5.32 Å². The molecule has 0 atom stereocenters. The predicted octanol–water partition coefficient (Wildman–Crippen LogP) is 3.91. The summed E-state index contributed by atoms with van der Waals surface area (Å²) in [6.45, 7) is 1.78. The van der Waals surface area contributed by atoms with Gasteiger partial charge in [0.2, 0.25) is 0 Å². The highest BCUT2D eigenvalue weighted by atomic mass is 79.9. The van der Waals surface area contributed by atoms with Crippen molar-refractivity contribution in [3.63, 3.8) is 0 Å². The summed E-state index contributed by atoms with van der Waals surface area (Å²) in [6, 6.07) is 1.73. The van der Waals surface area contributed by atoms with E-state index in [1.807, 2.05) is 6.92 Å². The smallest absolute Gasteiger partial charge is 0.369 e. The van der Waals surface area contributed by atoms with Crippen molar-refractivity contribution in [2.45, 2.75) is 25.9 Å². The van der Waals surface area contributed by atoms with Crippen LogP contribution in [0.1, 0.15) is 18.4 Å². The van der Waals surface area contributed by atoms with Gasteiger partial charge in [-0.15, -0.1) is 0 Å². The van der Waals surface area contributed by atoms with Crippen molar-refractivity contribution in [3.05, 3.63) is 22.3 Å². The lowest BCUT2D eigenvalue weighted by Gasteiger charge is -2.19. The molecule has 0 radical (unpaired) electrons. The minimum atomic E-state index is -4.12. The summed E-state index contributed by atoms with van der Waals surface area (Å²) < 4.78 is 38.9. The van der Waals surface area contributed by atoms with Crippen molar-refractivity contribution in [2.24, 2.45) is 5.41 Å². The highest BCUT2D eigenvalue weighted by Gasteiger charge is 2.62. The van der Waals surface area contributed by atoms with Gasteiger partial charge in [0.15, 0.2) is 0 Å². The first-order chi connectivity index (χ1) is 7.84. The Bertz CT molecular complexity index is 427. The number of alkyl halides is 3. The van der Waals surface area contributed by atoms with Crippen LogP contribution in [0.2, 0.25) is 0 Å². The number of rotatable bonds is 3. The second-order valence-electron chi connectivity index (χ2n) is 4.45. The van der Waals surface area contributed by atoms with Crippen LogP contribution in [0.25, 0.3) is 0 Å². The third-order valence-electron chi connectivity index (χ3n) is 3.11. The summed E-state index contributed by atoms with van der Waals surface area (Å²) in [5.41, 5.74) is -0.588. The Labute approximate surface area is 106 Å². The second-order valence-corrected chi connectivity index (χ2v) is 5.30. The molecule has 94 valence electrons. The minimum Gasteiger partial charge on any atom is -0.369 e. The van der Waals surface area contributed by atoms with E-state index in [0.29, 0.717) is 5.82 Å². The third kappa shape index (κ3) is 2.56. The van der Waals surface area contributed by atoms with E-state index in [4.69, 9.17) is 0 Å². The molecule has 1 fully saturated rings. The molecule has 1 saturated carbocycles. The van der Waals surface area contributed by atoms with E-state index in [-0.39, 0.29) is 19.4 Å². The van der Waals surface area contributed by atoms with E-state index >= 15 is 0 Å². The van der Waals surface area contributed by atoms with Crippen LogP contribution in [0.15, 0.2) is 16.7 Å². The van der Waals surface area contributed by atoms with Gasteiger partial charge in [0.05, 0.1) is 5.41 Å². The van der Waals surface area contributed by atoms with E-state index in [2.05, 4.69) is 26.2 Å². The Balaban J connectivity index is 2.01. The average molecular weight is 309 g/mol. The molecular formula is C11H12BrF3N2. The van der Waals surface area contributed by atoms with Crippen LogP contribution in [0.4, 0.5) is 19.0 Å². The molecule has 0 spiro atoms. The molecule has 1 aromatic heterocycles. The number of halogens is 4. The number of anilines is 1. The van der Waals surface area contributed by atoms with Gasteiger partial charge >= 0.3 is 6.18 Å². The number of nitrogens with zero attached hydrogens (tertiary/aromatic N) is 1. The summed E-state index contributed by atoms with van der Waals surface area (Å²) in [5.74, 6) is 0.487. The van der Waals surface area contributed by atoms with Gasteiger partial charge in [-0.1, -0.05) is 0 Å². The highest BCUT2D eigenvalue weighted by Crippen LogP contribution is 2.57. The maximum atomic E-state index is 12.7. The molecule has 0 bridgehead atoms. The van der Waals surface area contributed by atoms with E-state index in [1.54, 1.807) is 12.3 Å². The zero-order valence-corrected chi connectivity index (χ0v) is 10.8. The number of aryl methyl sites for hydroxylation is 1. The second kappa shape index (κ2) is 4.15. The molecule has 0 aliphatic heterocycles. The van der Waals surface area contributed by atoms with Crippen LogP contribution >= 0.6 is 15.9 Å². The van der Waals surface area contributed by atoms with Crippen molar-refractivity contribution < 1.29 is 13.2 Å². The summed E-state index contributed by atoms with van der Waals surface area (Å²) in [7, 11) is 0. The van der Waals surface area contributed by atoms with Crippen LogP contribution in [0.3, 0.4) is 0 Å². The van der Waals surface area contributed by atoms with Gasteiger partial charge in [0.25, 0.3) is 0 Å². The maximum absolute atomic E-state index is 12.7. The lowest BCUT2D eigenvalue weighted by molar-refractivity contribution is -0.182. The van der Waals surface area contributed by atoms with Crippen LogP contribution in [-0.2, 0) is 0 Å². The molecule has 0 aromatic carbocycles. The van der Waals surface area contributed by atoms with Crippen molar-refractivity contribution in [1.82, 2.24) is 4.98 Å². The minimum absolute atomic E-state index is 0.0927. The fraction of sp³-hybridized carbons (Fsp3) is 0.545. The number of pyridine rings is 1. The highest BCUT2D eigenvalue weighted by molar-refractivity contribution is 9.10. The topological polar surface area (TPSA) is 24.9 Å². The molecule has 2 nitrogen and oxygen atoms in total. The standard InChI is InChI=1S/C11H12BrF3N2/c1-7-4-9(16-5-8(7)12)17-6-10(2-3-10)11(13,14)15/h4-5H,2-3,6H2,1H3,(H,16,17). The van der Waals surface area contributed by atoms with Gasteiger partial charge in [-0.2, -0.15) is 13.2 Å². The average Bonchev–Trinajstić information content (AvgIpc) is 3.00. The van der Waals surface area contributed by atoms with Gasteiger partial charge in [0.1, 0.15) is 5.82 Å². The monoisotopic (exact) mass is 308 g/mol. The lowest BCUT2D eigenvalue weighted by atomic mass is 10.1. The van der Waals surface area contributed by atoms with Crippen LogP contribution in [0.5, 0.6) is 0 Å². The Morgan fingerprint density at radius 3 is 2.59 bits per heavy atom. The fourth-order valence-electron chi connectivity index (χ4n) is 1.61. The molecule has 0 amide bonds.